The van der Waals surface area contributed by atoms with E-state index >= 15 is 0 Å². The van der Waals surface area contributed by atoms with Crippen LogP contribution in [0.3, 0.4) is 0 Å². The van der Waals surface area contributed by atoms with E-state index in [1.54, 1.807) is 12.1 Å². The van der Waals surface area contributed by atoms with Crippen molar-refractivity contribution in [2.75, 3.05) is 26.8 Å². The molecule has 242 valence electrons. The van der Waals surface area contributed by atoms with E-state index in [1.165, 1.54) is 26.3 Å². The monoisotopic (exact) mass is 619 g/mol. The third-order valence-corrected chi connectivity index (χ3v) is 7.43. The smallest absolute Gasteiger partial charge is 0.475 e. The van der Waals surface area contributed by atoms with Gasteiger partial charge in [-0.15, -0.1) is 0 Å². The van der Waals surface area contributed by atoms with E-state index in [2.05, 4.69) is 10.7 Å². The molecule has 0 radical (unpaired) electrons. The van der Waals surface area contributed by atoms with E-state index in [-0.39, 0.29) is 24.2 Å². The molecule has 0 unspecified atom stereocenters. The Labute approximate surface area is 266 Å². The number of hydrogen-bond donors (Lipinski definition) is 4. The summed E-state index contributed by atoms with van der Waals surface area (Å²) in [4.78, 5) is 27.9. The van der Waals surface area contributed by atoms with Gasteiger partial charge in [0.2, 0.25) is 17.6 Å². The normalized spacial score (nSPS) is 12.3. The maximum atomic E-state index is 14.1. The molecule has 45 heavy (non-hydrogen) atoms. The molecule has 0 aromatic heterocycles. The van der Waals surface area contributed by atoms with Crippen LogP contribution in [0.4, 0.5) is 5.69 Å². The first-order valence-corrected chi connectivity index (χ1v) is 15.2. The zero-order valence-corrected chi connectivity index (χ0v) is 27.2. The zero-order valence-electron chi connectivity index (χ0n) is 27.2. The van der Waals surface area contributed by atoms with Crippen LogP contribution in [0, 0.1) is 11.8 Å². The molecule has 3 aromatic carbocycles. The molecule has 0 heterocycles. The van der Waals surface area contributed by atoms with Gasteiger partial charge in [-0.1, -0.05) is 70.2 Å². The van der Waals surface area contributed by atoms with Crippen molar-refractivity contribution >= 4 is 24.6 Å². The quantitative estimate of drug-likeness (QED) is 0.134. The summed E-state index contributed by atoms with van der Waals surface area (Å²) in [5.74, 6) is -0.522. The number of anilines is 1. The fourth-order valence-electron chi connectivity index (χ4n) is 5.23. The molecule has 0 aliphatic rings. The molecule has 0 spiro atoms. The standard InChI is InChI=1S/C34H46BN3O7/c1-22(2)18-30(35(41)42)36-34(40)32(23(3)4)38(37-27-15-11-14-26(21-27)25-12-9-8-10-13-25)31(39)17-16-24-19-28(43-5)33(45-7)29(20-24)44-6/h8-15,19-23,30,32,37,41-42H,16-18H2,1-7H3,(H,36,40)/t30-,32-/m0/s1. The van der Waals surface area contributed by atoms with Gasteiger partial charge in [0.15, 0.2) is 11.5 Å². The van der Waals surface area contributed by atoms with Crippen molar-refractivity contribution in [3.63, 3.8) is 0 Å². The molecule has 3 rings (SSSR count). The van der Waals surface area contributed by atoms with E-state index in [4.69, 9.17) is 14.2 Å². The summed E-state index contributed by atoms with van der Waals surface area (Å²) in [6, 6.07) is 20.1. The largest absolute Gasteiger partial charge is 0.493 e. The summed E-state index contributed by atoms with van der Waals surface area (Å²) < 4.78 is 16.4. The van der Waals surface area contributed by atoms with Crippen molar-refractivity contribution in [1.82, 2.24) is 10.3 Å². The Morgan fingerprint density at radius 3 is 2.00 bits per heavy atom. The third-order valence-electron chi connectivity index (χ3n) is 7.43. The van der Waals surface area contributed by atoms with Crippen molar-refractivity contribution in [3.05, 3.63) is 72.3 Å². The predicted molar refractivity (Wildman–Crippen MR) is 177 cm³/mol. The molecule has 10 nitrogen and oxygen atoms in total. The van der Waals surface area contributed by atoms with Gasteiger partial charge in [0.1, 0.15) is 6.04 Å². The lowest BCUT2D eigenvalue weighted by atomic mass is 9.75. The molecule has 3 aromatic rings. The van der Waals surface area contributed by atoms with Gasteiger partial charge in [-0.05, 0) is 65.6 Å². The zero-order chi connectivity index (χ0) is 33.1. The van der Waals surface area contributed by atoms with Gasteiger partial charge >= 0.3 is 7.12 Å². The molecule has 2 amide bonds. The summed E-state index contributed by atoms with van der Waals surface area (Å²) in [5.41, 5.74) is 6.58. The second kappa shape index (κ2) is 16.7. The maximum absolute atomic E-state index is 14.1. The van der Waals surface area contributed by atoms with E-state index < -0.39 is 25.0 Å². The Kier molecular flexibility index (Phi) is 13.1. The molecular weight excluding hydrogens is 573 g/mol. The van der Waals surface area contributed by atoms with Gasteiger partial charge < -0.3 is 29.6 Å². The van der Waals surface area contributed by atoms with Crippen molar-refractivity contribution in [3.8, 4) is 28.4 Å². The molecule has 4 N–H and O–H groups in total. The van der Waals surface area contributed by atoms with Crippen molar-refractivity contribution < 1.29 is 33.8 Å². The van der Waals surface area contributed by atoms with Gasteiger partial charge in [-0.3, -0.25) is 15.0 Å². The van der Waals surface area contributed by atoms with Crippen LogP contribution in [-0.2, 0) is 16.0 Å². The number of hydrazine groups is 1. The minimum Gasteiger partial charge on any atom is -0.493 e. The minimum absolute atomic E-state index is 0.0541. The van der Waals surface area contributed by atoms with Gasteiger partial charge in [-0.25, -0.2) is 5.01 Å². The number of aryl methyl sites for hydroxylation is 1. The number of carbonyl (C=O) groups excluding carboxylic acids is 2. The number of ether oxygens (including phenoxy) is 3. The second-order valence-electron chi connectivity index (χ2n) is 11.7. The van der Waals surface area contributed by atoms with E-state index in [1.807, 2.05) is 82.3 Å². The molecule has 0 fully saturated rings. The van der Waals surface area contributed by atoms with Crippen molar-refractivity contribution in [2.45, 2.75) is 58.9 Å². The minimum atomic E-state index is -1.75. The number of carbonyl (C=O) groups is 2. The summed E-state index contributed by atoms with van der Waals surface area (Å²) in [6.07, 6.45) is 0.740. The van der Waals surface area contributed by atoms with Crippen LogP contribution in [0.2, 0.25) is 0 Å². The van der Waals surface area contributed by atoms with Gasteiger partial charge in [0.05, 0.1) is 33.0 Å². The van der Waals surface area contributed by atoms with Crippen LogP contribution in [-0.4, -0.2) is 67.3 Å². The number of amides is 2. The van der Waals surface area contributed by atoms with Crippen LogP contribution in [0.5, 0.6) is 17.2 Å². The van der Waals surface area contributed by atoms with E-state index in [0.717, 1.165) is 16.7 Å². The van der Waals surface area contributed by atoms with Gasteiger partial charge in [0.25, 0.3) is 0 Å². The summed E-state index contributed by atoms with van der Waals surface area (Å²) in [6.45, 7) is 7.56. The fraction of sp³-hybridized carbons (Fsp3) is 0.412. The molecule has 0 aliphatic carbocycles. The molecule has 0 aliphatic heterocycles. The first kappa shape index (κ1) is 35.3. The van der Waals surface area contributed by atoms with Crippen LogP contribution < -0.4 is 25.0 Å². The van der Waals surface area contributed by atoms with E-state index in [0.29, 0.717) is 35.8 Å². The summed E-state index contributed by atoms with van der Waals surface area (Å²) in [7, 11) is 2.84. The highest BCUT2D eigenvalue weighted by Crippen LogP contribution is 2.38. The average Bonchev–Trinajstić information content (AvgIpc) is 3.02. The van der Waals surface area contributed by atoms with E-state index in [9.17, 15) is 19.6 Å². The summed E-state index contributed by atoms with van der Waals surface area (Å²) >= 11 is 0. The average molecular weight is 620 g/mol. The van der Waals surface area contributed by atoms with Crippen LogP contribution >= 0.6 is 0 Å². The number of hydrogen-bond acceptors (Lipinski definition) is 8. The fourth-order valence-corrected chi connectivity index (χ4v) is 5.23. The van der Waals surface area contributed by atoms with Crippen molar-refractivity contribution in [2.24, 2.45) is 11.8 Å². The molecule has 0 saturated carbocycles. The Hall–Kier alpha value is -4.22. The summed E-state index contributed by atoms with van der Waals surface area (Å²) in [5, 5.41) is 24.1. The predicted octanol–water partition coefficient (Wildman–Crippen LogP) is 4.74. The Morgan fingerprint density at radius 2 is 1.47 bits per heavy atom. The first-order valence-electron chi connectivity index (χ1n) is 15.2. The highest BCUT2D eigenvalue weighted by atomic mass is 16.5. The lowest BCUT2D eigenvalue weighted by molar-refractivity contribution is -0.140. The number of nitrogens with zero attached hydrogens (tertiary/aromatic N) is 1. The number of nitrogens with one attached hydrogen (secondary N) is 2. The molecular formula is C34H46BN3O7. The highest BCUT2D eigenvalue weighted by molar-refractivity contribution is 6.43. The first-order chi connectivity index (χ1) is 21.5. The maximum Gasteiger partial charge on any atom is 0.475 e. The van der Waals surface area contributed by atoms with Crippen LogP contribution in [0.1, 0.15) is 46.1 Å². The lowest BCUT2D eigenvalue weighted by Crippen LogP contribution is -2.58. The van der Waals surface area contributed by atoms with Gasteiger partial charge in [-0.2, -0.15) is 0 Å². The molecule has 11 heteroatoms. The number of rotatable bonds is 16. The SMILES string of the molecule is COc1cc(CCC(=O)N(Nc2cccc(-c3ccccc3)c2)[C@H](C(=O)N[C@@H](CC(C)C)B(O)O)C(C)C)cc(OC)c1OC. The van der Waals surface area contributed by atoms with Crippen LogP contribution in [0.25, 0.3) is 11.1 Å². The second-order valence-corrected chi connectivity index (χ2v) is 11.7. The topological polar surface area (TPSA) is 130 Å². The van der Waals surface area contributed by atoms with Crippen LogP contribution in [0.15, 0.2) is 66.7 Å². The Balaban J connectivity index is 1.97. The molecule has 0 saturated heterocycles. The number of methoxy groups -OCH3 is 3. The van der Waals surface area contributed by atoms with Gasteiger partial charge in [0, 0.05) is 6.42 Å². The molecule has 0 bridgehead atoms. The highest BCUT2D eigenvalue weighted by Gasteiger charge is 2.36. The Bertz CT molecular complexity index is 1380. The third kappa shape index (κ3) is 9.63. The van der Waals surface area contributed by atoms with Crippen molar-refractivity contribution in [1.29, 1.82) is 0 Å². The Morgan fingerprint density at radius 1 is 0.844 bits per heavy atom. The lowest BCUT2D eigenvalue weighted by Gasteiger charge is -2.35. The molecule has 2 atom stereocenters. The number of benzene rings is 3.